The van der Waals surface area contributed by atoms with Gasteiger partial charge in [-0.1, -0.05) is 54.1 Å². The molecule has 0 saturated heterocycles. The lowest BCUT2D eigenvalue weighted by atomic mass is 10.2. The van der Waals surface area contributed by atoms with Gasteiger partial charge in [-0.3, -0.25) is 0 Å². The Morgan fingerprint density at radius 1 is 1.05 bits per heavy atom. The van der Waals surface area contributed by atoms with Gasteiger partial charge in [0.1, 0.15) is 0 Å². The van der Waals surface area contributed by atoms with E-state index in [1.165, 1.54) is 0 Å². The molecule has 0 aliphatic carbocycles. The average molecular weight is 284 g/mol. The zero-order chi connectivity index (χ0) is 14.2. The van der Waals surface area contributed by atoms with Crippen molar-refractivity contribution >= 4 is 23.3 Å². The van der Waals surface area contributed by atoms with Gasteiger partial charge in [-0.15, -0.1) is 0 Å². The summed E-state index contributed by atoms with van der Waals surface area (Å²) in [7, 11) is -1.32. The van der Waals surface area contributed by atoms with Crippen molar-refractivity contribution in [2.45, 2.75) is 11.8 Å². The molecule has 102 valence electrons. The average Bonchev–Trinajstić information content (AvgIpc) is 2.48. The van der Waals surface area contributed by atoms with E-state index in [9.17, 15) is 4.21 Å². The third kappa shape index (κ3) is 4.48. The third-order valence-corrected chi connectivity index (χ3v) is 3.59. The molecule has 3 nitrogen and oxygen atoms in total. The molecule has 4 heteroatoms. The Kier molecular flexibility index (Phi) is 5.26. The molecule has 20 heavy (non-hydrogen) atoms. The van der Waals surface area contributed by atoms with Crippen LogP contribution in [0.2, 0.25) is 0 Å². The number of nitrogens with one attached hydrogen (secondary N) is 1. The molecule has 1 unspecified atom stereocenters. The highest BCUT2D eigenvalue weighted by Gasteiger charge is 1.99. The Bertz CT molecular complexity index is 619. The normalized spacial score (nSPS) is 12.8. The summed E-state index contributed by atoms with van der Waals surface area (Å²) in [5, 5.41) is 3.92. The molecule has 2 rings (SSSR count). The van der Waals surface area contributed by atoms with E-state index < -0.39 is 11.0 Å². The molecule has 0 aliphatic heterocycles. The highest BCUT2D eigenvalue weighted by molar-refractivity contribution is 7.83. The van der Waals surface area contributed by atoms with Crippen LogP contribution < -0.4 is 4.83 Å². The first-order valence-corrected chi connectivity index (χ1v) is 7.39. The first-order valence-electron chi connectivity index (χ1n) is 6.24. The molecule has 1 atom stereocenters. The molecule has 0 fully saturated rings. The third-order valence-electron chi connectivity index (χ3n) is 2.62. The Morgan fingerprint density at radius 3 is 2.45 bits per heavy atom. The van der Waals surface area contributed by atoms with E-state index >= 15 is 0 Å². The van der Waals surface area contributed by atoms with E-state index in [0.29, 0.717) is 4.90 Å². The van der Waals surface area contributed by atoms with Crippen molar-refractivity contribution < 1.29 is 4.21 Å². The highest BCUT2D eigenvalue weighted by atomic mass is 32.2. The lowest BCUT2D eigenvalue weighted by Gasteiger charge is -2.00. The molecular weight excluding hydrogens is 268 g/mol. The van der Waals surface area contributed by atoms with Gasteiger partial charge >= 0.3 is 0 Å². The van der Waals surface area contributed by atoms with Gasteiger partial charge in [0, 0.05) is 6.21 Å². The topological polar surface area (TPSA) is 41.5 Å². The van der Waals surface area contributed by atoms with Crippen LogP contribution in [-0.4, -0.2) is 10.4 Å². The van der Waals surface area contributed by atoms with Gasteiger partial charge in [0.2, 0.25) is 0 Å². The summed E-state index contributed by atoms with van der Waals surface area (Å²) in [4.78, 5) is 3.30. The maximum absolute atomic E-state index is 11.9. The van der Waals surface area contributed by atoms with Crippen molar-refractivity contribution in [2.24, 2.45) is 5.10 Å². The smallest absolute Gasteiger partial charge is 0.166 e. The van der Waals surface area contributed by atoms with E-state index in [1.54, 1.807) is 12.3 Å². The van der Waals surface area contributed by atoms with Crippen LogP contribution in [0.4, 0.5) is 0 Å². The van der Waals surface area contributed by atoms with E-state index in [4.69, 9.17) is 0 Å². The summed E-state index contributed by atoms with van der Waals surface area (Å²) in [6, 6.07) is 17.4. The number of hydrogen-bond donors (Lipinski definition) is 1. The summed E-state index contributed by atoms with van der Waals surface area (Å²) in [5.41, 5.74) is 2.23. The van der Waals surface area contributed by atoms with Crippen LogP contribution in [0.25, 0.3) is 6.08 Å². The predicted octanol–water partition coefficient (Wildman–Crippen LogP) is 3.31. The van der Waals surface area contributed by atoms with Crippen LogP contribution in [0.15, 0.2) is 70.7 Å². The minimum Gasteiger partial charge on any atom is -0.230 e. The van der Waals surface area contributed by atoms with Gasteiger partial charge in [0.25, 0.3) is 0 Å². The molecule has 2 aromatic carbocycles. The van der Waals surface area contributed by atoms with Gasteiger partial charge in [-0.05, 0) is 30.7 Å². The summed E-state index contributed by atoms with van der Waals surface area (Å²) in [5.74, 6) is 0. The number of hydrogen-bond acceptors (Lipinski definition) is 2. The molecule has 0 spiro atoms. The monoisotopic (exact) mass is 284 g/mol. The second-order valence-electron chi connectivity index (χ2n) is 4.22. The molecule has 0 heterocycles. The molecule has 2 aromatic rings. The first kappa shape index (κ1) is 14.2. The largest absolute Gasteiger partial charge is 0.230 e. The number of rotatable bonds is 5. The summed E-state index contributed by atoms with van der Waals surface area (Å²) in [6.07, 6.45) is 5.31. The molecule has 1 N–H and O–H groups in total. The van der Waals surface area contributed by atoms with Crippen molar-refractivity contribution in [2.75, 3.05) is 0 Å². The molecule has 0 aliphatic rings. The van der Waals surface area contributed by atoms with Gasteiger partial charge in [0.15, 0.2) is 11.0 Å². The SMILES string of the molecule is Cc1ccc(S(=O)N/N=C/C=C/c2ccccc2)cc1. The highest BCUT2D eigenvalue weighted by Crippen LogP contribution is 2.06. The van der Waals surface area contributed by atoms with Gasteiger partial charge in [-0.25, -0.2) is 9.04 Å². The molecular formula is C16H16N2OS. The van der Waals surface area contributed by atoms with E-state index in [0.717, 1.165) is 11.1 Å². The molecule has 0 bridgehead atoms. The van der Waals surface area contributed by atoms with Gasteiger partial charge in [-0.2, -0.15) is 5.10 Å². The quantitative estimate of drug-likeness (QED) is 0.664. The lowest BCUT2D eigenvalue weighted by molar-refractivity contribution is 0.675. The number of nitrogens with zero attached hydrogens (tertiary/aromatic N) is 1. The number of benzene rings is 2. The number of aryl methyl sites for hydroxylation is 1. The lowest BCUT2D eigenvalue weighted by Crippen LogP contribution is -2.09. The number of allylic oxidation sites excluding steroid dienone is 1. The van der Waals surface area contributed by atoms with Gasteiger partial charge < -0.3 is 0 Å². The van der Waals surface area contributed by atoms with Crippen LogP contribution in [0.3, 0.4) is 0 Å². The summed E-state index contributed by atoms with van der Waals surface area (Å²) < 4.78 is 11.9. The van der Waals surface area contributed by atoms with Crippen molar-refractivity contribution in [1.82, 2.24) is 4.83 Å². The predicted molar refractivity (Wildman–Crippen MR) is 84.7 cm³/mol. The molecule has 0 amide bonds. The van der Waals surface area contributed by atoms with Crippen LogP contribution >= 0.6 is 0 Å². The second kappa shape index (κ2) is 7.40. The minimum atomic E-state index is -1.32. The second-order valence-corrected chi connectivity index (χ2v) is 5.41. The van der Waals surface area contributed by atoms with Crippen LogP contribution in [-0.2, 0) is 11.0 Å². The van der Waals surface area contributed by atoms with E-state index in [-0.39, 0.29) is 0 Å². The Labute approximate surface area is 121 Å². The fourth-order valence-electron chi connectivity index (χ4n) is 1.55. The minimum absolute atomic E-state index is 0.708. The molecule has 0 radical (unpaired) electrons. The van der Waals surface area contributed by atoms with Crippen molar-refractivity contribution in [1.29, 1.82) is 0 Å². The zero-order valence-electron chi connectivity index (χ0n) is 11.2. The maximum Gasteiger partial charge on any atom is 0.166 e. The van der Waals surface area contributed by atoms with Gasteiger partial charge in [0.05, 0.1) is 4.90 Å². The Hall–Kier alpha value is -2.20. The number of hydrazone groups is 1. The van der Waals surface area contributed by atoms with Crippen molar-refractivity contribution in [3.8, 4) is 0 Å². The van der Waals surface area contributed by atoms with Crippen LogP contribution in [0.1, 0.15) is 11.1 Å². The Balaban J connectivity index is 1.86. The summed E-state index contributed by atoms with van der Waals surface area (Å²) >= 11 is 0. The zero-order valence-corrected chi connectivity index (χ0v) is 12.0. The fraction of sp³-hybridized carbons (Fsp3) is 0.0625. The first-order chi connectivity index (χ1) is 9.75. The fourth-order valence-corrected chi connectivity index (χ4v) is 2.20. The Morgan fingerprint density at radius 2 is 1.75 bits per heavy atom. The van der Waals surface area contributed by atoms with Crippen LogP contribution in [0, 0.1) is 6.92 Å². The standard InChI is InChI=1S/C16H16N2OS/c1-14-9-11-16(12-10-14)20(19)18-17-13-5-8-15-6-3-2-4-7-15/h2-13,18H,1H3/b8-5+,17-13+. The van der Waals surface area contributed by atoms with Crippen molar-refractivity contribution in [3.63, 3.8) is 0 Å². The van der Waals surface area contributed by atoms with E-state index in [1.807, 2.05) is 67.6 Å². The molecule has 0 aromatic heterocycles. The van der Waals surface area contributed by atoms with Crippen molar-refractivity contribution in [3.05, 3.63) is 71.8 Å². The summed E-state index contributed by atoms with van der Waals surface area (Å²) in [6.45, 7) is 1.99. The van der Waals surface area contributed by atoms with Crippen LogP contribution in [0.5, 0.6) is 0 Å². The molecule has 0 saturated carbocycles. The maximum atomic E-state index is 11.9. The van der Waals surface area contributed by atoms with E-state index in [2.05, 4.69) is 9.93 Å².